The van der Waals surface area contributed by atoms with Crippen molar-refractivity contribution in [2.45, 2.75) is 43.7 Å². The quantitative estimate of drug-likeness (QED) is 0.0973. The van der Waals surface area contributed by atoms with Gasteiger partial charge >= 0.3 is 0 Å². The molecule has 0 atom stereocenters. The molecule has 3 aromatic carbocycles. The number of piperidine rings is 1. The summed E-state index contributed by atoms with van der Waals surface area (Å²) in [6.45, 7) is 1.67. The number of ether oxygens (including phenoxy) is 1. The van der Waals surface area contributed by atoms with Gasteiger partial charge in [0.05, 0.1) is 11.5 Å². The van der Waals surface area contributed by atoms with Crippen molar-refractivity contribution in [1.29, 1.82) is 0 Å². The Morgan fingerprint density at radius 3 is 2.02 bits per heavy atom. The molecule has 224 valence electrons. The van der Waals surface area contributed by atoms with Crippen LogP contribution in [-0.2, 0) is 23.1 Å². The summed E-state index contributed by atoms with van der Waals surface area (Å²) >= 11 is 5.88. The highest BCUT2D eigenvalue weighted by Crippen LogP contribution is 2.30. The third-order valence-corrected chi connectivity index (χ3v) is 8.79. The first-order valence-corrected chi connectivity index (χ1v) is 14.6. The molecule has 4 rings (SSSR count). The average molecular weight is 640 g/mol. The fourth-order valence-electron chi connectivity index (χ4n) is 4.57. The minimum Gasteiger partial charge on any atom is -0.493 e. The lowest BCUT2D eigenvalue weighted by atomic mass is 10.1. The molecule has 1 saturated heterocycles. The summed E-state index contributed by atoms with van der Waals surface area (Å²) in [5.41, 5.74) is -0.921. The van der Waals surface area contributed by atoms with E-state index in [2.05, 4.69) is 4.90 Å². The number of rotatable bonds is 11. The van der Waals surface area contributed by atoms with E-state index in [1.807, 2.05) is 0 Å². The number of benzene rings is 3. The van der Waals surface area contributed by atoms with Gasteiger partial charge in [0.1, 0.15) is 5.75 Å². The van der Waals surface area contributed by atoms with Gasteiger partial charge in [-0.2, -0.15) is 4.31 Å². The number of para-hydroxylation sites is 1. The molecule has 0 aromatic heterocycles. The molecule has 0 bridgehead atoms. The summed E-state index contributed by atoms with van der Waals surface area (Å²) in [5, 5.41) is 0.244. The van der Waals surface area contributed by atoms with Crippen LogP contribution in [0.2, 0.25) is 5.02 Å². The second-order valence-electron chi connectivity index (χ2n) is 9.49. The Morgan fingerprint density at radius 1 is 0.805 bits per heavy atom. The van der Waals surface area contributed by atoms with Gasteiger partial charge in [-0.3, -0.25) is 0 Å². The minimum atomic E-state index is -4.50. The van der Waals surface area contributed by atoms with E-state index in [-0.39, 0.29) is 22.3 Å². The maximum absolute atomic E-state index is 14.6. The standard InChI is InChI=1S/C28H28ClF5N2O3S.ClH/c29-20-9-11-21(12-10-20)40(37,38)36(18-22-24(30)26(32)28(34)27(33)25(22)31)17-19-7-2-3-8-23(19)39-16-6-15-35-13-4-1-5-14-35;/h2-3,7-12H,1,4-6,13-18H2;1H. The van der Waals surface area contributed by atoms with Crippen LogP contribution in [-0.4, -0.2) is 43.9 Å². The minimum absolute atomic E-state index is 0. The van der Waals surface area contributed by atoms with E-state index in [9.17, 15) is 30.4 Å². The topological polar surface area (TPSA) is 49.9 Å². The van der Waals surface area contributed by atoms with Crippen LogP contribution < -0.4 is 4.74 Å². The Bertz CT molecular complexity index is 1410. The Balaban J connectivity index is 0.00000462. The van der Waals surface area contributed by atoms with Crippen molar-refractivity contribution in [2.75, 3.05) is 26.2 Å². The Hall–Kier alpha value is -2.44. The second-order valence-corrected chi connectivity index (χ2v) is 11.9. The number of sulfonamides is 1. The van der Waals surface area contributed by atoms with Crippen molar-refractivity contribution in [1.82, 2.24) is 9.21 Å². The molecular formula is C28H29Cl2F5N2O3S. The van der Waals surface area contributed by atoms with Crippen molar-refractivity contribution >= 4 is 34.0 Å². The molecule has 1 fully saturated rings. The maximum atomic E-state index is 14.6. The number of nitrogens with zero attached hydrogens (tertiary/aromatic N) is 2. The van der Waals surface area contributed by atoms with E-state index in [1.165, 1.54) is 30.7 Å². The third kappa shape index (κ3) is 7.90. The lowest BCUT2D eigenvalue weighted by Crippen LogP contribution is -2.32. The molecule has 3 aromatic rings. The van der Waals surface area contributed by atoms with Gasteiger partial charge in [-0.15, -0.1) is 12.4 Å². The summed E-state index contributed by atoms with van der Waals surface area (Å²) in [5.74, 6) is -10.5. The SMILES string of the molecule is Cl.O=S(=O)(c1ccc(Cl)cc1)N(Cc1ccccc1OCCCN1CCCCC1)Cc1c(F)c(F)c(F)c(F)c1F. The van der Waals surface area contributed by atoms with E-state index >= 15 is 0 Å². The van der Waals surface area contributed by atoms with E-state index in [4.69, 9.17) is 16.3 Å². The smallest absolute Gasteiger partial charge is 0.243 e. The van der Waals surface area contributed by atoms with Gasteiger partial charge in [0.2, 0.25) is 15.8 Å². The molecule has 0 aliphatic carbocycles. The molecule has 1 aliphatic rings. The van der Waals surface area contributed by atoms with Gasteiger partial charge in [0, 0.05) is 35.8 Å². The Labute approximate surface area is 247 Å². The summed E-state index contributed by atoms with van der Waals surface area (Å²) in [6.07, 6.45) is 4.27. The molecule has 1 aliphatic heterocycles. The first-order chi connectivity index (χ1) is 19.1. The van der Waals surface area contributed by atoms with Crippen LogP contribution in [0.3, 0.4) is 0 Å². The molecule has 13 heteroatoms. The highest BCUT2D eigenvalue weighted by molar-refractivity contribution is 7.89. The van der Waals surface area contributed by atoms with Crippen molar-refractivity contribution in [3.05, 3.63) is 93.8 Å². The van der Waals surface area contributed by atoms with Crippen molar-refractivity contribution in [3.63, 3.8) is 0 Å². The van der Waals surface area contributed by atoms with E-state index in [0.29, 0.717) is 22.2 Å². The molecule has 0 spiro atoms. The normalized spacial score (nSPS) is 14.2. The van der Waals surface area contributed by atoms with Crippen LogP contribution in [0, 0.1) is 29.1 Å². The number of halogens is 7. The summed E-state index contributed by atoms with van der Waals surface area (Å²) < 4.78 is 104. The van der Waals surface area contributed by atoms with Gasteiger partial charge in [0.25, 0.3) is 0 Å². The van der Waals surface area contributed by atoms with Crippen LogP contribution in [0.4, 0.5) is 22.0 Å². The van der Waals surface area contributed by atoms with Crippen LogP contribution in [0.1, 0.15) is 36.8 Å². The average Bonchev–Trinajstić information content (AvgIpc) is 2.96. The molecule has 0 saturated carbocycles. The number of likely N-dealkylation sites (tertiary alicyclic amines) is 1. The third-order valence-electron chi connectivity index (χ3n) is 6.73. The zero-order valence-corrected chi connectivity index (χ0v) is 24.3. The molecule has 5 nitrogen and oxygen atoms in total. The summed E-state index contributed by atoms with van der Waals surface area (Å²) in [4.78, 5) is 2.07. The summed E-state index contributed by atoms with van der Waals surface area (Å²) in [7, 11) is -4.50. The van der Waals surface area contributed by atoms with Crippen LogP contribution in [0.15, 0.2) is 53.4 Å². The van der Waals surface area contributed by atoms with E-state index in [0.717, 1.165) is 38.9 Å². The van der Waals surface area contributed by atoms with Gasteiger partial charge in [-0.25, -0.2) is 30.4 Å². The second kappa shape index (κ2) is 14.6. The van der Waals surface area contributed by atoms with Gasteiger partial charge in [-0.05, 0) is 62.7 Å². The van der Waals surface area contributed by atoms with E-state index < -0.39 is 57.8 Å². The maximum Gasteiger partial charge on any atom is 0.243 e. The predicted octanol–water partition coefficient (Wildman–Crippen LogP) is 7.10. The van der Waals surface area contributed by atoms with Crippen LogP contribution in [0.25, 0.3) is 0 Å². The highest BCUT2D eigenvalue weighted by Gasteiger charge is 2.32. The first kappa shape index (κ1) is 33.1. The monoisotopic (exact) mass is 638 g/mol. The molecular weight excluding hydrogens is 610 g/mol. The molecule has 1 heterocycles. The molecule has 0 amide bonds. The molecule has 0 N–H and O–H groups in total. The number of hydrogen-bond acceptors (Lipinski definition) is 4. The largest absolute Gasteiger partial charge is 0.493 e. The van der Waals surface area contributed by atoms with Gasteiger partial charge < -0.3 is 9.64 Å². The lowest BCUT2D eigenvalue weighted by molar-refractivity contribution is 0.204. The van der Waals surface area contributed by atoms with Crippen LogP contribution >= 0.6 is 24.0 Å². The van der Waals surface area contributed by atoms with Crippen molar-refractivity contribution < 1.29 is 35.1 Å². The fourth-order valence-corrected chi connectivity index (χ4v) is 6.08. The predicted molar refractivity (Wildman–Crippen MR) is 148 cm³/mol. The zero-order valence-electron chi connectivity index (χ0n) is 21.9. The zero-order chi connectivity index (χ0) is 28.9. The molecule has 0 radical (unpaired) electrons. The lowest BCUT2D eigenvalue weighted by Gasteiger charge is -2.26. The molecule has 41 heavy (non-hydrogen) atoms. The number of hydrogen-bond donors (Lipinski definition) is 0. The van der Waals surface area contributed by atoms with Gasteiger partial charge in [-0.1, -0.05) is 36.2 Å². The fraction of sp³-hybridized carbons (Fsp3) is 0.357. The van der Waals surface area contributed by atoms with Crippen molar-refractivity contribution in [3.8, 4) is 5.75 Å². The molecule has 0 unspecified atom stereocenters. The van der Waals surface area contributed by atoms with E-state index in [1.54, 1.807) is 24.3 Å². The Kier molecular flexibility index (Phi) is 11.8. The summed E-state index contributed by atoms with van der Waals surface area (Å²) in [6, 6.07) is 11.5. The first-order valence-electron chi connectivity index (χ1n) is 12.8. The van der Waals surface area contributed by atoms with Gasteiger partial charge in [0.15, 0.2) is 23.3 Å². The van der Waals surface area contributed by atoms with Crippen LogP contribution in [0.5, 0.6) is 5.75 Å². The van der Waals surface area contributed by atoms with Crippen molar-refractivity contribution in [2.24, 2.45) is 0 Å². The Morgan fingerprint density at radius 2 is 1.39 bits per heavy atom. The highest BCUT2D eigenvalue weighted by atomic mass is 35.5.